The lowest BCUT2D eigenvalue weighted by molar-refractivity contribution is -0.136. The highest BCUT2D eigenvalue weighted by Crippen LogP contribution is 2.18. The van der Waals surface area contributed by atoms with Crippen molar-refractivity contribution >= 4 is 17.8 Å². The summed E-state index contributed by atoms with van der Waals surface area (Å²) in [5, 5.41) is 3.35. The first-order chi connectivity index (χ1) is 13.2. The summed E-state index contributed by atoms with van der Waals surface area (Å²) in [5.74, 6) is 0.918. The summed E-state index contributed by atoms with van der Waals surface area (Å²) in [7, 11) is 0. The van der Waals surface area contributed by atoms with Crippen LogP contribution in [0.4, 0.5) is 5.82 Å². The molecule has 142 valence electrons. The van der Waals surface area contributed by atoms with E-state index in [0.29, 0.717) is 6.61 Å². The minimum absolute atomic E-state index is 0.0598. The zero-order chi connectivity index (χ0) is 18.9. The molecule has 1 N–H and O–H groups in total. The normalized spacial score (nSPS) is 16.8. The maximum atomic E-state index is 12.5. The van der Waals surface area contributed by atoms with Gasteiger partial charge in [-0.2, -0.15) is 0 Å². The third-order valence-corrected chi connectivity index (χ3v) is 4.65. The second kappa shape index (κ2) is 9.88. The van der Waals surface area contributed by atoms with E-state index in [1.807, 2.05) is 72.5 Å². The van der Waals surface area contributed by atoms with Crippen molar-refractivity contribution in [1.82, 2.24) is 9.88 Å². The number of carbonyl (C=O) groups is 1. The molecule has 27 heavy (non-hydrogen) atoms. The Morgan fingerprint density at radius 2 is 2.11 bits per heavy atom. The van der Waals surface area contributed by atoms with Crippen molar-refractivity contribution < 1.29 is 9.53 Å². The lowest BCUT2D eigenvalue weighted by atomic mass is 10.2. The minimum Gasteiger partial charge on any atom is -0.368 e. The highest BCUT2D eigenvalue weighted by atomic mass is 16.5. The largest absolute Gasteiger partial charge is 0.368 e. The predicted molar refractivity (Wildman–Crippen MR) is 108 cm³/mol. The van der Waals surface area contributed by atoms with Crippen LogP contribution in [0.1, 0.15) is 24.1 Å². The van der Waals surface area contributed by atoms with Crippen LogP contribution >= 0.6 is 0 Å². The van der Waals surface area contributed by atoms with Crippen LogP contribution in [0.15, 0.2) is 54.6 Å². The molecule has 1 aliphatic rings. The van der Waals surface area contributed by atoms with E-state index in [4.69, 9.17) is 4.74 Å². The van der Waals surface area contributed by atoms with Crippen LogP contribution in [-0.4, -0.2) is 48.1 Å². The van der Waals surface area contributed by atoms with Gasteiger partial charge in [-0.1, -0.05) is 48.6 Å². The maximum absolute atomic E-state index is 12.5. The van der Waals surface area contributed by atoms with Crippen molar-refractivity contribution in [3.05, 3.63) is 65.9 Å². The Balaban J connectivity index is 1.41. The number of aryl methyl sites for hydroxylation is 1. The van der Waals surface area contributed by atoms with E-state index < -0.39 is 0 Å². The van der Waals surface area contributed by atoms with E-state index in [2.05, 4.69) is 10.3 Å². The summed E-state index contributed by atoms with van der Waals surface area (Å²) in [6, 6.07) is 16.2. The molecule has 0 spiro atoms. The van der Waals surface area contributed by atoms with Gasteiger partial charge in [0.15, 0.2) is 0 Å². The molecule has 1 aliphatic heterocycles. The number of ether oxygens (including phenoxy) is 1. The monoisotopic (exact) mass is 365 g/mol. The number of carbonyl (C=O) groups excluding carboxylic acids is 1. The van der Waals surface area contributed by atoms with Gasteiger partial charge in [0.05, 0.1) is 6.61 Å². The number of aromatic nitrogens is 1. The molecule has 2 heterocycles. The summed E-state index contributed by atoms with van der Waals surface area (Å²) in [4.78, 5) is 18.9. The molecule has 0 bridgehead atoms. The molecule has 5 heteroatoms. The molecule has 5 nitrogen and oxygen atoms in total. The number of nitrogens with one attached hydrogen (secondary N) is 1. The number of benzene rings is 1. The van der Waals surface area contributed by atoms with E-state index in [9.17, 15) is 4.79 Å². The minimum atomic E-state index is 0.0598. The van der Waals surface area contributed by atoms with Crippen LogP contribution in [0.3, 0.4) is 0 Å². The average Bonchev–Trinajstić information content (AvgIpc) is 3.16. The maximum Gasteiger partial charge on any atom is 0.248 e. The van der Waals surface area contributed by atoms with E-state index in [0.717, 1.165) is 43.0 Å². The van der Waals surface area contributed by atoms with Crippen molar-refractivity contribution in [3.8, 4) is 0 Å². The number of pyridine rings is 1. The quantitative estimate of drug-likeness (QED) is 0.727. The first-order valence-corrected chi connectivity index (χ1v) is 9.49. The second-order valence-electron chi connectivity index (χ2n) is 6.76. The van der Waals surface area contributed by atoms with Gasteiger partial charge in [0, 0.05) is 24.8 Å². The Morgan fingerprint density at radius 1 is 1.26 bits per heavy atom. The third-order valence-electron chi connectivity index (χ3n) is 4.65. The number of nitrogens with zero attached hydrogens (tertiary/aromatic N) is 2. The number of hydrogen-bond donors (Lipinski definition) is 1. The topological polar surface area (TPSA) is 54.5 Å². The lowest BCUT2D eigenvalue weighted by Gasteiger charge is -2.25. The number of anilines is 1. The van der Waals surface area contributed by atoms with Crippen LogP contribution in [0.25, 0.3) is 6.08 Å². The molecular formula is C22H27N3O2. The second-order valence-corrected chi connectivity index (χ2v) is 6.76. The Bertz CT molecular complexity index is 761. The molecule has 1 fully saturated rings. The fourth-order valence-electron chi connectivity index (χ4n) is 3.29. The molecule has 1 saturated heterocycles. The van der Waals surface area contributed by atoms with Crippen LogP contribution in [0, 0.1) is 6.92 Å². The van der Waals surface area contributed by atoms with E-state index in [-0.39, 0.29) is 18.6 Å². The number of amides is 1. The van der Waals surface area contributed by atoms with Crippen molar-refractivity contribution in [3.63, 3.8) is 0 Å². The summed E-state index contributed by atoms with van der Waals surface area (Å²) in [6.07, 6.45) is 5.99. The van der Waals surface area contributed by atoms with Gasteiger partial charge in [0.25, 0.3) is 0 Å². The smallest absolute Gasteiger partial charge is 0.248 e. The zero-order valence-corrected chi connectivity index (χ0v) is 15.8. The van der Waals surface area contributed by atoms with Crippen LogP contribution in [-0.2, 0) is 9.53 Å². The Hall–Kier alpha value is -2.66. The van der Waals surface area contributed by atoms with Gasteiger partial charge in [-0.05, 0) is 37.5 Å². The fourth-order valence-corrected chi connectivity index (χ4v) is 3.29. The van der Waals surface area contributed by atoms with Crippen molar-refractivity contribution in [2.75, 3.05) is 31.6 Å². The highest BCUT2D eigenvalue weighted by molar-refractivity contribution is 5.78. The Morgan fingerprint density at radius 3 is 2.93 bits per heavy atom. The van der Waals surface area contributed by atoms with Gasteiger partial charge in [-0.3, -0.25) is 4.79 Å². The highest BCUT2D eigenvalue weighted by Gasteiger charge is 2.28. The first kappa shape index (κ1) is 19.1. The average molecular weight is 365 g/mol. The third kappa shape index (κ3) is 5.93. The number of likely N-dealkylation sites (tertiary alicyclic amines) is 1. The SMILES string of the molecule is Cc1cccc(NCC2CCCN2C(=O)COC/C=C/c2ccccc2)n1. The summed E-state index contributed by atoms with van der Waals surface area (Å²) in [5.41, 5.74) is 2.11. The molecule has 1 unspecified atom stereocenters. The molecular weight excluding hydrogens is 338 g/mol. The van der Waals surface area contributed by atoms with Crippen molar-refractivity contribution in [2.24, 2.45) is 0 Å². The van der Waals surface area contributed by atoms with E-state index in [1.165, 1.54) is 0 Å². The predicted octanol–water partition coefficient (Wildman–Crippen LogP) is 3.52. The number of rotatable bonds is 8. The standard InChI is InChI=1S/C22H27N3O2/c1-18-8-5-13-21(24-18)23-16-20-12-6-14-25(20)22(26)17-27-15-7-11-19-9-3-2-4-10-19/h2-5,7-11,13,20H,6,12,14-17H2,1H3,(H,23,24)/b11-7+. The van der Waals surface area contributed by atoms with Crippen LogP contribution in [0.2, 0.25) is 0 Å². The van der Waals surface area contributed by atoms with Gasteiger partial charge in [-0.25, -0.2) is 4.98 Å². The van der Waals surface area contributed by atoms with Crippen LogP contribution < -0.4 is 5.32 Å². The Kier molecular flexibility index (Phi) is 6.99. The van der Waals surface area contributed by atoms with Crippen molar-refractivity contribution in [1.29, 1.82) is 0 Å². The fraction of sp³-hybridized carbons (Fsp3) is 0.364. The lowest BCUT2D eigenvalue weighted by Crippen LogP contribution is -2.41. The molecule has 0 aliphatic carbocycles. The van der Waals surface area contributed by atoms with Gasteiger partial charge in [0.1, 0.15) is 12.4 Å². The molecule has 3 rings (SSSR count). The van der Waals surface area contributed by atoms with E-state index in [1.54, 1.807) is 0 Å². The summed E-state index contributed by atoms with van der Waals surface area (Å²) in [6.45, 7) is 4.05. The molecule has 1 aromatic heterocycles. The molecule has 2 aromatic rings. The first-order valence-electron chi connectivity index (χ1n) is 9.49. The molecule has 0 radical (unpaired) electrons. The molecule has 1 atom stereocenters. The molecule has 0 saturated carbocycles. The molecule has 1 amide bonds. The van der Waals surface area contributed by atoms with E-state index >= 15 is 0 Å². The van der Waals surface area contributed by atoms with Gasteiger partial charge in [0.2, 0.25) is 5.91 Å². The zero-order valence-electron chi connectivity index (χ0n) is 15.8. The summed E-state index contributed by atoms with van der Waals surface area (Å²) >= 11 is 0. The number of hydrogen-bond acceptors (Lipinski definition) is 4. The van der Waals surface area contributed by atoms with Crippen molar-refractivity contribution in [2.45, 2.75) is 25.8 Å². The van der Waals surface area contributed by atoms with Crippen LogP contribution in [0.5, 0.6) is 0 Å². The van der Waals surface area contributed by atoms with Gasteiger partial charge in [-0.15, -0.1) is 0 Å². The molecule has 1 aromatic carbocycles. The Labute approximate surface area is 161 Å². The van der Waals surface area contributed by atoms with Gasteiger partial charge >= 0.3 is 0 Å². The van der Waals surface area contributed by atoms with Gasteiger partial charge < -0.3 is 15.0 Å². The summed E-state index contributed by atoms with van der Waals surface area (Å²) < 4.78 is 5.55.